The second kappa shape index (κ2) is 10.3. The number of carbonyl (C=O) groups excluding carboxylic acids is 1. The standard InChI is InChI=1S/C19H23N5O4S3/c1-12(2)24-31(26,27)16-8-6-14(7-9-16)21-17(25)13(3)29-19-23-22-18(30-19)20-11-15-5-4-10-28-15/h4-10,12-13,24H,11H2,1-3H3,(H,20,22)(H,21,25). The lowest BCUT2D eigenvalue weighted by Gasteiger charge is -2.12. The smallest absolute Gasteiger partial charge is 0.240 e. The van der Waals surface area contributed by atoms with Gasteiger partial charge in [-0.3, -0.25) is 4.79 Å². The molecule has 0 radical (unpaired) electrons. The number of benzene rings is 1. The summed E-state index contributed by atoms with van der Waals surface area (Å²) in [6.07, 6.45) is 1.60. The molecule has 9 nitrogen and oxygen atoms in total. The Labute approximate surface area is 189 Å². The molecule has 0 saturated heterocycles. The van der Waals surface area contributed by atoms with Crippen LogP contribution in [0.3, 0.4) is 0 Å². The third-order valence-corrected chi connectivity index (χ3v) is 7.61. The molecule has 3 rings (SSSR count). The van der Waals surface area contributed by atoms with Gasteiger partial charge in [-0.25, -0.2) is 13.1 Å². The number of rotatable bonds is 10. The lowest BCUT2D eigenvalue weighted by Crippen LogP contribution is -2.30. The number of nitrogens with zero attached hydrogens (tertiary/aromatic N) is 2. The second-order valence-corrected chi connectivity index (χ2v) is 11.1. The van der Waals surface area contributed by atoms with Crippen molar-refractivity contribution in [2.45, 2.75) is 47.8 Å². The van der Waals surface area contributed by atoms with Crippen LogP contribution in [0.5, 0.6) is 0 Å². The van der Waals surface area contributed by atoms with E-state index < -0.39 is 15.3 Å². The van der Waals surface area contributed by atoms with Crippen molar-refractivity contribution < 1.29 is 17.6 Å². The Morgan fingerprint density at radius 1 is 1.16 bits per heavy atom. The fraction of sp³-hybridized carbons (Fsp3) is 0.316. The lowest BCUT2D eigenvalue weighted by atomic mass is 10.3. The van der Waals surface area contributed by atoms with Crippen molar-refractivity contribution in [3.63, 3.8) is 0 Å². The molecule has 12 heteroatoms. The van der Waals surface area contributed by atoms with E-state index in [0.29, 0.717) is 21.7 Å². The average molecular weight is 482 g/mol. The number of nitrogens with one attached hydrogen (secondary N) is 3. The van der Waals surface area contributed by atoms with E-state index in [-0.39, 0.29) is 16.8 Å². The fourth-order valence-corrected chi connectivity index (χ4v) is 5.59. The van der Waals surface area contributed by atoms with Crippen LogP contribution < -0.4 is 15.4 Å². The summed E-state index contributed by atoms with van der Waals surface area (Å²) in [6, 6.07) is 9.51. The minimum Gasteiger partial charge on any atom is -0.467 e. The minimum atomic E-state index is -3.57. The van der Waals surface area contributed by atoms with E-state index in [1.807, 2.05) is 12.1 Å². The van der Waals surface area contributed by atoms with Crippen LogP contribution in [0.1, 0.15) is 26.5 Å². The molecule has 0 aliphatic carbocycles. The molecular formula is C19H23N5O4S3. The molecular weight excluding hydrogens is 458 g/mol. The Bertz CT molecular complexity index is 1100. The number of anilines is 2. The van der Waals surface area contributed by atoms with Crippen LogP contribution >= 0.6 is 23.1 Å². The van der Waals surface area contributed by atoms with Crippen LogP contribution in [0, 0.1) is 0 Å². The monoisotopic (exact) mass is 481 g/mol. The first kappa shape index (κ1) is 23.3. The van der Waals surface area contributed by atoms with E-state index in [0.717, 1.165) is 5.76 Å². The van der Waals surface area contributed by atoms with Gasteiger partial charge >= 0.3 is 0 Å². The van der Waals surface area contributed by atoms with Gasteiger partial charge in [0, 0.05) is 11.7 Å². The zero-order valence-corrected chi connectivity index (χ0v) is 19.6. The van der Waals surface area contributed by atoms with Gasteiger partial charge in [-0.2, -0.15) is 0 Å². The quantitative estimate of drug-likeness (QED) is 0.375. The van der Waals surface area contributed by atoms with E-state index >= 15 is 0 Å². The van der Waals surface area contributed by atoms with Gasteiger partial charge in [-0.1, -0.05) is 23.1 Å². The van der Waals surface area contributed by atoms with Gasteiger partial charge in [-0.05, 0) is 57.2 Å². The highest BCUT2D eigenvalue weighted by molar-refractivity contribution is 8.02. The first-order chi connectivity index (χ1) is 14.7. The van der Waals surface area contributed by atoms with Gasteiger partial charge in [0.25, 0.3) is 0 Å². The maximum absolute atomic E-state index is 12.5. The molecule has 0 aliphatic rings. The Kier molecular flexibility index (Phi) is 7.70. The predicted molar refractivity (Wildman–Crippen MR) is 122 cm³/mol. The molecule has 1 unspecified atom stereocenters. The van der Waals surface area contributed by atoms with Crippen LogP contribution in [0.25, 0.3) is 0 Å². The summed E-state index contributed by atoms with van der Waals surface area (Å²) in [4.78, 5) is 12.6. The molecule has 1 atom stereocenters. The first-order valence-electron chi connectivity index (χ1n) is 9.42. The topological polar surface area (TPSA) is 126 Å². The normalized spacial score (nSPS) is 12.6. The molecule has 0 aliphatic heterocycles. The minimum absolute atomic E-state index is 0.144. The third-order valence-electron chi connectivity index (χ3n) is 3.87. The highest BCUT2D eigenvalue weighted by Gasteiger charge is 2.19. The van der Waals surface area contributed by atoms with Crippen molar-refractivity contribution in [3.05, 3.63) is 48.4 Å². The Morgan fingerprint density at radius 2 is 1.90 bits per heavy atom. The van der Waals surface area contributed by atoms with Gasteiger partial charge < -0.3 is 15.1 Å². The molecule has 3 N–H and O–H groups in total. The van der Waals surface area contributed by atoms with Crippen LogP contribution in [-0.4, -0.2) is 35.8 Å². The van der Waals surface area contributed by atoms with E-state index in [1.165, 1.54) is 35.2 Å². The highest BCUT2D eigenvalue weighted by Crippen LogP contribution is 2.29. The largest absolute Gasteiger partial charge is 0.467 e. The maximum Gasteiger partial charge on any atom is 0.240 e. The third kappa shape index (κ3) is 6.79. The summed E-state index contributed by atoms with van der Waals surface area (Å²) in [5.74, 6) is 0.567. The van der Waals surface area contributed by atoms with E-state index in [2.05, 4.69) is 25.6 Å². The molecule has 0 fully saturated rings. The maximum atomic E-state index is 12.5. The Hall–Kier alpha value is -2.41. The van der Waals surface area contributed by atoms with Gasteiger partial charge in [-0.15, -0.1) is 10.2 Å². The Morgan fingerprint density at radius 3 is 2.55 bits per heavy atom. The summed E-state index contributed by atoms with van der Waals surface area (Å²) < 4.78 is 32.8. The molecule has 0 bridgehead atoms. The SMILES string of the molecule is CC(C)NS(=O)(=O)c1ccc(NC(=O)C(C)Sc2nnc(NCc3ccco3)s2)cc1. The van der Waals surface area contributed by atoms with Crippen LogP contribution in [0.4, 0.5) is 10.8 Å². The zero-order valence-electron chi connectivity index (χ0n) is 17.2. The molecule has 166 valence electrons. The van der Waals surface area contributed by atoms with Crippen LogP contribution in [0.15, 0.2) is 56.3 Å². The van der Waals surface area contributed by atoms with E-state index in [1.54, 1.807) is 39.2 Å². The van der Waals surface area contributed by atoms with Crippen molar-refractivity contribution >= 4 is 49.8 Å². The fourth-order valence-electron chi connectivity index (χ4n) is 2.45. The number of thioether (sulfide) groups is 1. The number of aromatic nitrogens is 2. The predicted octanol–water partition coefficient (Wildman–Crippen LogP) is 3.55. The number of sulfonamides is 1. The summed E-state index contributed by atoms with van der Waals surface area (Å²) in [5, 5.41) is 14.3. The summed E-state index contributed by atoms with van der Waals surface area (Å²) in [7, 11) is -3.57. The van der Waals surface area contributed by atoms with E-state index in [9.17, 15) is 13.2 Å². The molecule has 3 aromatic rings. The summed E-state index contributed by atoms with van der Waals surface area (Å²) >= 11 is 2.64. The number of furan rings is 1. The molecule has 1 amide bonds. The van der Waals surface area contributed by atoms with Crippen molar-refractivity contribution in [2.75, 3.05) is 10.6 Å². The molecule has 2 aromatic heterocycles. The van der Waals surface area contributed by atoms with Gasteiger partial charge in [0.2, 0.25) is 21.1 Å². The van der Waals surface area contributed by atoms with Crippen molar-refractivity contribution in [2.24, 2.45) is 0 Å². The van der Waals surface area contributed by atoms with Crippen molar-refractivity contribution in [1.29, 1.82) is 0 Å². The average Bonchev–Trinajstić information content (AvgIpc) is 3.37. The number of hydrogen-bond acceptors (Lipinski definition) is 9. The van der Waals surface area contributed by atoms with Crippen molar-refractivity contribution in [3.8, 4) is 0 Å². The number of amides is 1. The molecule has 2 heterocycles. The van der Waals surface area contributed by atoms with E-state index in [4.69, 9.17) is 4.42 Å². The number of carbonyl (C=O) groups is 1. The zero-order chi connectivity index (χ0) is 22.4. The van der Waals surface area contributed by atoms with Crippen LogP contribution in [0.2, 0.25) is 0 Å². The molecule has 0 spiro atoms. The lowest BCUT2D eigenvalue weighted by molar-refractivity contribution is -0.115. The molecule has 1 aromatic carbocycles. The van der Waals surface area contributed by atoms with Gasteiger partial charge in [0.1, 0.15) is 5.76 Å². The Balaban J connectivity index is 1.52. The van der Waals surface area contributed by atoms with Gasteiger partial charge in [0.05, 0.1) is 23.0 Å². The number of hydrogen-bond donors (Lipinski definition) is 3. The highest BCUT2D eigenvalue weighted by atomic mass is 32.2. The second-order valence-electron chi connectivity index (χ2n) is 6.86. The summed E-state index contributed by atoms with van der Waals surface area (Å²) in [6.45, 7) is 5.77. The molecule has 0 saturated carbocycles. The van der Waals surface area contributed by atoms with Crippen molar-refractivity contribution in [1.82, 2.24) is 14.9 Å². The van der Waals surface area contributed by atoms with Gasteiger partial charge in [0.15, 0.2) is 4.34 Å². The summed E-state index contributed by atoms with van der Waals surface area (Å²) in [5.41, 5.74) is 0.513. The molecule has 31 heavy (non-hydrogen) atoms. The first-order valence-corrected chi connectivity index (χ1v) is 12.6. The van der Waals surface area contributed by atoms with Crippen LogP contribution in [-0.2, 0) is 21.4 Å².